The Bertz CT molecular complexity index is 413. The van der Waals surface area contributed by atoms with E-state index in [0.717, 1.165) is 16.5 Å². The average Bonchev–Trinajstić information content (AvgIpc) is 2.42. The van der Waals surface area contributed by atoms with Crippen molar-refractivity contribution in [2.75, 3.05) is 0 Å². The molecule has 1 aromatic carbocycles. The Kier molecular flexibility index (Phi) is 2.47. The largest absolute Gasteiger partial charge is 0.291 e. The van der Waals surface area contributed by atoms with Crippen LogP contribution in [0, 0.1) is 0 Å². The highest BCUT2D eigenvalue weighted by Gasteiger charge is 2.24. The van der Waals surface area contributed by atoms with Crippen LogP contribution in [0.2, 0.25) is 0 Å². The highest BCUT2D eigenvalue weighted by molar-refractivity contribution is 9.10. The second-order valence-electron chi connectivity index (χ2n) is 3.25. The lowest BCUT2D eigenvalue weighted by atomic mass is 10.1. The molecule has 4 heteroatoms. The summed E-state index contributed by atoms with van der Waals surface area (Å²) in [6.45, 7) is 2.07. The normalized spacial score (nSPS) is 19.4. The molecular formula is C10H11BrO2S. The molecule has 14 heavy (non-hydrogen) atoms. The molecule has 1 aliphatic heterocycles. The second-order valence-corrected chi connectivity index (χ2v) is 5.97. The van der Waals surface area contributed by atoms with Gasteiger partial charge in [0.15, 0.2) is 0 Å². The monoisotopic (exact) mass is 274 g/mol. The van der Waals surface area contributed by atoms with Crippen molar-refractivity contribution in [2.24, 2.45) is 0 Å². The third kappa shape index (κ3) is 1.52. The topological polar surface area (TPSA) is 40.5 Å². The predicted octanol–water partition coefficient (Wildman–Crippen LogP) is 4.11. The van der Waals surface area contributed by atoms with Gasteiger partial charge in [-0.2, -0.15) is 0 Å². The fourth-order valence-electron chi connectivity index (χ4n) is 1.55. The maximum Gasteiger partial charge on any atom is 0.0845 e. The summed E-state index contributed by atoms with van der Waals surface area (Å²) in [5.41, 5.74) is 2.11. The number of aryl methyl sites for hydroxylation is 1. The first kappa shape index (κ1) is 10.2. The summed E-state index contributed by atoms with van der Waals surface area (Å²) in [6, 6.07) is 3.94. The minimum atomic E-state index is -2.69. The van der Waals surface area contributed by atoms with Crippen LogP contribution in [0.15, 0.2) is 26.9 Å². The standard InChI is InChI=1S/C10H11BrO2S/c1-2-7-5-8-3-4-14(12,13)10(8)9(11)6-7/h3-6,12-13H,2H2,1H3. The van der Waals surface area contributed by atoms with E-state index in [1.807, 2.05) is 12.1 Å². The van der Waals surface area contributed by atoms with Gasteiger partial charge in [0.1, 0.15) is 0 Å². The van der Waals surface area contributed by atoms with E-state index in [-0.39, 0.29) is 0 Å². The van der Waals surface area contributed by atoms with E-state index >= 15 is 0 Å². The van der Waals surface area contributed by atoms with Gasteiger partial charge in [0.05, 0.1) is 4.90 Å². The van der Waals surface area contributed by atoms with Crippen LogP contribution in [0.4, 0.5) is 0 Å². The summed E-state index contributed by atoms with van der Waals surface area (Å²) in [5, 5.41) is 1.47. The van der Waals surface area contributed by atoms with Crippen molar-refractivity contribution in [2.45, 2.75) is 18.2 Å². The van der Waals surface area contributed by atoms with Crippen LogP contribution in [0.25, 0.3) is 6.08 Å². The molecular weight excluding hydrogens is 264 g/mol. The number of rotatable bonds is 1. The van der Waals surface area contributed by atoms with Gasteiger partial charge in [-0.3, -0.25) is 9.11 Å². The van der Waals surface area contributed by atoms with E-state index in [1.54, 1.807) is 6.08 Å². The molecule has 1 aromatic rings. The molecule has 0 spiro atoms. The summed E-state index contributed by atoms with van der Waals surface area (Å²) < 4.78 is 20.2. The lowest BCUT2D eigenvalue weighted by Crippen LogP contribution is -1.94. The minimum Gasteiger partial charge on any atom is -0.291 e. The van der Waals surface area contributed by atoms with Crippen LogP contribution in [0.3, 0.4) is 0 Å². The number of benzene rings is 1. The Labute approximate surface area is 93.1 Å². The first-order chi connectivity index (χ1) is 6.54. The summed E-state index contributed by atoms with van der Waals surface area (Å²) in [5.74, 6) is 0. The smallest absolute Gasteiger partial charge is 0.0845 e. The van der Waals surface area contributed by atoms with Crippen molar-refractivity contribution in [1.82, 2.24) is 0 Å². The quantitative estimate of drug-likeness (QED) is 0.809. The van der Waals surface area contributed by atoms with E-state index < -0.39 is 10.6 Å². The molecule has 0 atom stereocenters. The molecule has 1 aliphatic rings. The number of fused-ring (bicyclic) bond motifs is 1. The van der Waals surface area contributed by atoms with Crippen molar-refractivity contribution in [3.63, 3.8) is 0 Å². The maximum atomic E-state index is 9.71. The van der Waals surface area contributed by atoms with E-state index in [0.29, 0.717) is 4.90 Å². The summed E-state index contributed by atoms with van der Waals surface area (Å²) in [4.78, 5) is 0.620. The van der Waals surface area contributed by atoms with E-state index in [9.17, 15) is 9.11 Å². The lowest BCUT2D eigenvalue weighted by Gasteiger charge is -2.26. The van der Waals surface area contributed by atoms with Gasteiger partial charge in [0.25, 0.3) is 0 Å². The van der Waals surface area contributed by atoms with Crippen molar-refractivity contribution in [1.29, 1.82) is 0 Å². The molecule has 0 aliphatic carbocycles. The van der Waals surface area contributed by atoms with Crippen LogP contribution in [-0.4, -0.2) is 9.11 Å². The third-order valence-corrected chi connectivity index (χ3v) is 4.74. The minimum absolute atomic E-state index is 0.620. The zero-order valence-corrected chi connectivity index (χ0v) is 10.1. The Morgan fingerprint density at radius 2 is 2.07 bits per heavy atom. The molecule has 0 saturated heterocycles. The molecule has 0 radical (unpaired) electrons. The fourth-order valence-corrected chi connectivity index (χ4v) is 4.08. The number of hydrogen-bond donors (Lipinski definition) is 2. The van der Waals surface area contributed by atoms with Crippen LogP contribution in [-0.2, 0) is 6.42 Å². The van der Waals surface area contributed by atoms with Crippen LogP contribution in [0.5, 0.6) is 0 Å². The Morgan fingerprint density at radius 3 is 2.71 bits per heavy atom. The van der Waals surface area contributed by atoms with Gasteiger partial charge in [0, 0.05) is 15.4 Å². The predicted molar refractivity (Wildman–Crippen MR) is 63.7 cm³/mol. The van der Waals surface area contributed by atoms with Gasteiger partial charge in [-0.25, -0.2) is 0 Å². The first-order valence-corrected chi connectivity index (χ1v) is 6.73. The van der Waals surface area contributed by atoms with Gasteiger partial charge >= 0.3 is 0 Å². The molecule has 0 fully saturated rings. The van der Waals surface area contributed by atoms with Crippen molar-refractivity contribution in [3.05, 3.63) is 33.1 Å². The van der Waals surface area contributed by atoms with Gasteiger partial charge in [-0.15, -0.1) is 10.6 Å². The zero-order chi connectivity index (χ0) is 10.3. The van der Waals surface area contributed by atoms with Crippen LogP contribution >= 0.6 is 26.5 Å². The molecule has 2 N–H and O–H groups in total. The van der Waals surface area contributed by atoms with E-state index in [1.165, 1.54) is 11.0 Å². The summed E-state index contributed by atoms with van der Waals surface area (Å²) in [7, 11) is -2.69. The molecule has 2 nitrogen and oxygen atoms in total. The zero-order valence-electron chi connectivity index (χ0n) is 7.70. The Hall–Kier alpha value is -0.290. The van der Waals surface area contributed by atoms with Crippen molar-refractivity contribution >= 4 is 32.6 Å². The number of halogens is 1. The maximum absolute atomic E-state index is 9.71. The van der Waals surface area contributed by atoms with Crippen LogP contribution < -0.4 is 0 Å². The average molecular weight is 275 g/mol. The Morgan fingerprint density at radius 1 is 1.36 bits per heavy atom. The molecule has 1 heterocycles. The van der Waals surface area contributed by atoms with Crippen molar-refractivity contribution in [3.8, 4) is 0 Å². The highest BCUT2D eigenvalue weighted by Crippen LogP contribution is 2.58. The van der Waals surface area contributed by atoms with E-state index in [2.05, 4.69) is 22.9 Å². The molecule has 0 aromatic heterocycles. The number of hydrogen-bond acceptors (Lipinski definition) is 2. The fraction of sp³-hybridized carbons (Fsp3) is 0.200. The SMILES string of the molecule is CCc1cc(Br)c2c(c1)C=CS2(O)O. The summed E-state index contributed by atoms with van der Waals surface area (Å²) in [6.07, 6.45) is 2.72. The molecule has 0 amide bonds. The van der Waals surface area contributed by atoms with Gasteiger partial charge in [-0.1, -0.05) is 6.92 Å². The lowest BCUT2D eigenvalue weighted by molar-refractivity contribution is 0.500. The first-order valence-electron chi connectivity index (χ1n) is 4.33. The van der Waals surface area contributed by atoms with Gasteiger partial charge in [0.2, 0.25) is 0 Å². The van der Waals surface area contributed by atoms with Crippen LogP contribution in [0.1, 0.15) is 18.1 Å². The molecule has 0 unspecified atom stereocenters. The highest BCUT2D eigenvalue weighted by atomic mass is 79.9. The molecule has 76 valence electrons. The van der Waals surface area contributed by atoms with Gasteiger partial charge < -0.3 is 0 Å². The van der Waals surface area contributed by atoms with E-state index in [4.69, 9.17) is 0 Å². The molecule has 0 bridgehead atoms. The third-order valence-electron chi connectivity index (χ3n) is 2.28. The molecule has 0 saturated carbocycles. The Balaban J connectivity index is 2.63. The molecule has 2 rings (SSSR count). The second kappa shape index (κ2) is 3.38. The summed E-state index contributed by atoms with van der Waals surface area (Å²) >= 11 is 3.38. The van der Waals surface area contributed by atoms with Crippen molar-refractivity contribution < 1.29 is 9.11 Å². The van der Waals surface area contributed by atoms with Gasteiger partial charge in [-0.05, 0) is 46.1 Å².